The largest absolute Gasteiger partial charge is 0.461 e. The van der Waals surface area contributed by atoms with Crippen LogP contribution in [0.2, 0.25) is 0 Å². The monoisotopic (exact) mass is 227 g/mol. The summed E-state index contributed by atoms with van der Waals surface area (Å²) in [7, 11) is 0. The van der Waals surface area contributed by atoms with Crippen molar-refractivity contribution in [1.82, 2.24) is 4.98 Å². The quantitative estimate of drug-likeness (QED) is 0.567. The fourth-order valence-electron chi connectivity index (χ4n) is 1.12. The normalized spacial score (nSPS) is 12.1. The van der Waals surface area contributed by atoms with Crippen LogP contribution in [0.15, 0.2) is 5.51 Å². The van der Waals surface area contributed by atoms with Gasteiger partial charge in [0.05, 0.1) is 12.1 Å². The predicted molar refractivity (Wildman–Crippen MR) is 57.0 cm³/mol. The molecule has 15 heavy (non-hydrogen) atoms. The van der Waals surface area contributed by atoms with E-state index in [1.165, 1.54) is 11.3 Å². The topological polar surface area (TPSA) is 56.3 Å². The summed E-state index contributed by atoms with van der Waals surface area (Å²) < 4.78 is 4.86. The van der Waals surface area contributed by atoms with Crippen molar-refractivity contribution in [3.05, 3.63) is 16.1 Å². The standard InChI is InChI=1S/C10H13NO3S/c1-3-14-10(13)9-8(15-6-11-9)4-7(2)5-12/h5-7H,3-4H2,1-2H3. The van der Waals surface area contributed by atoms with Crippen LogP contribution in [0.1, 0.15) is 29.2 Å². The molecule has 1 rings (SSSR count). The Balaban J connectivity index is 2.77. The Morgan fingerprint density at radius 2 is 2.47 bits per heavy atom. The summed E-state index contributed by atoms with van der Waals surface area (Å²) in [5.74, 6) is -0.509. The first-order chi connectivity index (χ1) is 7.19. The number of carbonyl (C=O) groups is 2. The van der Waals surface area contributed by atoms with Crippen LogP contribution in [0, 0.1) is 5.92 Å². The predicted octanol–water partition coefficient (Wildman–Crippen LogP) is 1.70. The molecule has 0 aliphatic carbocycles. The van der Waals surface area contributed by atoms with Crippen LogP contribution in [0.5, 0.6) is 0 Å². The second-order valence-corrected chi connectivity index (χ2v) is 4.10. The summed E-state index contributed by atoms with van der Waals surface area (Å²) in [5.41, 5.74) is 1.94. The second-order valence-electron chi connectivity index (χ2n) is 3.16. The molecule has 0 fully saturated rings. The van der Waals surface area contributed by atoms with E-state index in [9.17, 15) is 9.59 Å². The molecule has 0 bridgehead atoms. The number of aromatic nitrogens is 1. The van der Waals surface area contributed by atoms with Crippen LogP contribution in [-0.2, 0) is 16.0 Å². The van der Waals surface area contributed by atoms with Gasteiger partial charge in [-0.1, -0.05) is 6.92 Å². The fraction of sp³-hybridized carbons (Fsp3) is 0.500. The highest BCUT2D eigenvalue weighted by molar-refractivity contribution is 7.09. The molecule has 0 aromatic carbocycles. The fourth-order valence-corrected chi connectivity index (χ4v) is 2.01. The van der Waals surface area contributed by atoms with Crippen molar-refractivity contribution in [1.29, 1.82) is 0 Å². The zero-order chi connectivity index (χ0) is 11.3. The van der Waals surface area contributed by atoms with Gasteiger partial charge in [0.25, 0.3) is 0 Å². The molecule has 0 saturated heterocycles. The van der Waals surface area contributed by atoms with Gasteiger partial charge < -0.3 is 9.53 Å². The molecule has 4 nitrogen and oxygen atoms in total. The van der Waals surface area contributed by atoms with E-state index in [1.54, 1.807) is 12.4 Å². The zero-order valence-corrected chi connectivity index (χ0v) is 9.54. The van der Waals surface area contributed by atoms with Crippen LogP contribution in [-0.4, -0.2) is 23.8 Å². The SMILES string of the molecule is CCOC(=O)c1ncsc1CC(C)C=O. The molecule has 0 aliphatic rings. The highest BCUT2D eigenvalue weighted by Crippen LogP contribution is 2.18. The number of hydrogen-bond acceptors (Lipinski definition) is 5. The zero-order valence-electron chi connectivity index (χ0n) is 8.73. The Hall–Kier alpha value is -1.23. The molecule has 5 heteroatoms. The molecule has 1 atom stereocenters. The minimum absolute atomic E-state index is 0.0985. The van der Waals surface area contributed by atoms with Gasteiger partial charge in [-0.2, -0.15) is 0 Å². The average Bonchev–Trinajstić information content (AvgIpc) is 2.66. The first-order valence-corrected chi connectivity index (χ1v) is 5.61. The van der Waals surface area contributed by atoms with Crippen LogP contribution in [0.25, 0.3) is 0 Å². The number of carbonyl (C=O) groups excluding carboxylic acids is 2. The Labute approximate surface area is 92.3 Å². The first kappa shape index (κ1) is 11.8. The lowest BCUT2D eigenvalue weighted by atomic mass is 10.1. The lowest BCUT2D eigenvalue weighted by molar-refractivity contribution is -0.110. The van der Waals surface area contributed by atoms with Crippen molar-refractivity contribution in [2.75, 3.05) is 6.61 Å². The maximum absolute atomic E-state index is 11.4. The Kier molecular flexibility index (Phi) is 4.42. The Bertz CT molecular complexity index is 348. The number of rotatable bonds is 5. The third-order valence-corrected chi connectivity index (χ3v) is 2.70. The number of esters is 1. The molecule has 0 N–H and O–H groups in total. The molecule has 1 aromatic rings. The highest BCUT2D eigenvalue weighted by atomic mass is 32.1. The third-order valence-electron chi connectivity index (χ3n) is 1.85. The van der Waals surface area contributed by atoms with E-state index in [2.05, 4.69) is 4.98 Å². The summed E-state index contributed by atoms with van der Waals surface area (Å²) in [4.78, 5) is 26.7. The number of aldehydes is 1. The molecule has 0 aliphatic heterocycles. The van der Waals surface area contributed by atoms with E-state index >= 15 is 0 Å². The average molecular weight is 227 g/mol. The smallest absolute Gasteiger partial charge is 0.358 e. The van der Waals surface area contributed by atoms with Gasteiger partial charge >= 0.3 is 5.97 Å². The summed E-state index contributed by atoms with van der Waals surface area (Å²) in [6.07, 6.45) is 1.41. The van der Waals surface area contributed by atoms with Gasteiger partial charge in [-0.25, -0.2) is 9.78 Å². The number of thiazole rings is 1. The van der Waals surface area contributed by atoms with Crippen LogP contribution >= 0.6 is 11.3 Å². The van der Waals surface area contributed by atoms with E-state index in [1.807, 2.05) is 6.92 Å². The third kappa shape index (κ3) is 3.13. The number of ether oxygens (including phenoxy) is 1. The molecule has 1 heterocycles. The van der Waals surface area contributed by atoms with Gasteiger partial charge in [0.15, 0.2) is 5.69 Å². The Morgan fingerprint density at radius 3 is 3.07 bits per heavy atom. The maximum atomic E-state index is 11.4. The van der Waals surface area contributed by atoms with Gasteiger partial charge in [-0.3, -0.25) is 0 Å². The lowest BCUT2D eigenvalue weighted by Crippen LogP contribution is -2.09. The van der Waals surface area contributed by atoms with E-state index in [0.717, 1.165) is 11.2 Å². The molecular weight excluding hydrogens is 214 g/mol. The molecule has 0 saturated carbocycles. The van der Waals surface area contributed by atoms with E-state index in [4.69, 9.17) is 4.74 Å². The Morgan fingerprint density at radius 1 is 1.73 bits per heavy atom. The van der Waals surface area contributed by atoms with Gasteiger partial charge in [0.1, 0.15) is 6.29 Å². The number of nitrogens with zero attached hydrogens (tertiary/aromatic N) is 1. The van der Waals surface area contributed by atoms with Crippen LogP contribution in [0.3, 0.4) is 0 Å². The molecule has 0 spiro atoms. The van der Waals surface area contributed by atoms with Gasteiger partial charge in [0.2, 0.25) is 0 Å². The summed E-state index contributed by atoms with van der Waals surface area (Å²) in [6.45, 7) is 3.89. The number of hydrogen-bond donors (Lipinski definition) is 0. The van der Waals surface area contributed by atoms with Gasteiger partial charge in [-0.15, -0.1) is 11.3 Å². The summed E-state index contributed by atoms with van der Waals surface area (Å²) in [5, 5.41) is 0. The molecule has 1 unspecified atom stereocenters. The lowest BCUT2D eigenvalue weighted by Gasteiger charge is -2.03. The van der Waals surface area contributed by atoms with Crippen molar-refractivity contribution in [3.63, 3.8) is 0 Å². The van der Waals surface area contributed by atoms with Gasteiger partial charge in [0, 0.05) is 10.8 Å². The molecule has 82 valence electrons. The van der Waals surface area contributed by atoms with Gasteiger partial charge in [-0.05, 0) is 13.3 Å². The second kappa shape index (κ2) is 5.60. The van der Waals surface area contributed by atoms with Crippen molar-refractivity contribution in [2.24, 2.45) is 5.92 Å². The van der Waals surface area contributed by atoms with Crippen LogP contribution in [0.4, 0.5) is 0 Å². The molecular formula is C10H13NO3S. The van der Waals surface area contributed by atoms with Crippen molar-refractivity contribution >= 4 is 23.6 Å². The highest BCUT2D eigenvalue weighted by Gasteiger charge is 2.17. The van der Waals surface area contributed by atoms with Crippen LogP contribution < -0.4 is 0 Å². The molecule has 0 radical (unpaired) electrons. The van der Waals surface area contributed by atoms with E-state index < -0.39 is 5.97 Å². The summed E-state index contributed by atoms with van der Waals surface area (Å²) >= 11 is 1.38. The van der Waals surface area contributed by atoms with E-state index in [-0.39, 0.29) is 5.92 Å². The first-order valence-electron chi connectivity index (χ1n) is 4.73. The van der Waals surface area contributed by atoms with Crippen molar-refractivity contribution in [2.45, 2.75) is 20.3 Å². The van der Waals surface area contributed by atoms with E-state index in [0.29, 0.717) is 18.7 Å². The van der Waals surface area contributed by atoms with Crippen molar-refractivity contribution in [3.8, 4) is 0 Å². The minimum atomic E-state index is -0.410. The maximum Gasteiger partial charge on any atom is 0.358 e. The summed E-state index contributed by atoms with van der Waals surface area (Å²) in [6, 6.07) is 0. The molecule has 0 amide bonds. The van der Waals surface area contributed by atoms with Crippen molar-refractivity contribution < 1.29 is 14.3 Å². The molecule has 1 aromatic heterocycles. The minimum Gasteiger partial charge on any atom is -0.461 e.